The first-order chi connectivity index (χ1) is 9.88. The second-order valence-electron chi connectivity index (χ2n) is 5.91. The second kappa shape index (κ2) is 8.84. The normalized spacial score (nSPS) is 17.8. The van der Waals surface area contributed by atoms with Gasteiger partial charge in [0.25, 0.3) is 0 Å². The van der Waals surface area contributed by atoms with Gasteiger partial charge in [0.2, 0.25) is 0 Å². The SMILES string of the molecule is CC(CCC(=O)O)NC(=O)N1CCN(CCN(C)C)CC1. The number of amides is 2. The highest BCUT2D eigenvalue weighted by Crippen LogP contribution is 2.04. The molecule has 0 spiro atoms. The lowest BCUT2D eigenvalue weighted by atomic mass is 10.2. The Kier molecular flexibility index (Phi) is 7.45. The highest BCUT2D eigenvalue weighted by molar-refractivity contribution is 5.74. The van der Waals surface area contributed by atoms with Crippen LogP contribution in [0.25, 0.3) is 0 Å². The fourth-order valence-electron chi connectivity index (χ4n) is 2.23. The number of carboxylic acid groups (broad SMARTS) is 1. The number of aliphatic carboxylic acids is 1. The van der Waals surface area contributed by atoms with Crippen LogP contribution in [0.2, 0.25) is 0 Å². The van der Waals surface area contributed by atoms with E-state index in [0.717, 1.165) is 39.3 Å². The highest BCUT2D eigenvalue weighted by Gasteiger charge is 2.21. The number of rotatable bonds is 7. The van der Waals surface area contributed by atoms with Crippen molar-refractivity contribution < 1.29 is 14.7 Å². The lowest BCUT2D eigenvalue weighted by Crippen LogP contribution is -2.53. The second-order valence-corrected chi connectivity index (χ2v) is 5.91. The number of carbonyl (C=O) groups is 2. The van der Waals surface area contributed by atoms with Crippen LogP contribution < -0.4 is 5.32 Å². The van der Waals surface area contributed by atoms with Crippen molar-refractivity contribution in [1.82, 2.24) is 20.0 Å². The van der Waals surface area contributed by atoms with Crippen molar-refractivity contribution >= 4 is 12.0 Å². The molecule has 1 saturated heterocycles. The maximum atomic E-state index is 12.1. The van der Waals surface area contributed by atoms with Crippen molar-refractivity contribution in [2.75, 3.05) is 53.4 Å². The summed E-state index contributed by atoms with van der Waals surface area (Å²) in [6, 6.07) is -0.194. The van der Waals surface area contributed by atoms with Gasteiger partial charge in [-0.15, -0.1) is 0 Å². The molecule has 0 aromatic rings. The van der Waals surface area contributed by atoms with Gasteiger partial charge in [-0.2, -0.15) is 0 Å². The predicted octanol–water partition coefficient (Wildman–Crippen LogP) is 0.129. The molecule has 0 aromatic carbocycles. The summed E-state index contributed by atoms with van der Waals surface area (Å²) < 4.78 is 0. The molecule has 1 unspecified atom stereocenters. The van der Waals surface area contributed by atoms with Gasteiger partial charge in [-0.25, -0.2) is 4.79 Å². The van der Waals surface area contributed by atoms with Crippen LogP contribution in [0.3, 0.4) is 0 Å². The van der Waals surface area contributed by atoms with Crippen molar-refractivity contribution in [1.29, 1.82) is 0 Å². The molecule has 0 aliphatic carbocycles. The molecule has 7 nitrogen and oxygen atoms in total. The van der Waals surface area contributed by atoms with E-state index in [4.69, 9.17) is 5.11 Å². The summed E-state index contributed by atoms with van der Waals surface area (Å²) in [6.45, 7) is 7.13. The van der Waals surface area contributed by atoms with Crippen molar-refractivity contribution in [3.05, 3.63) is 0 Å². The molecule has 1 aliphatic heterocycles. The van der Waals surface area contributed by atoms with E-state index in [-0.39, 0.29) is 18.5 Å². The molecular weight excluding hydrogens is 272 g/mol. The predicted molar refractivity (Wildman–Crippen MR) is 81.4 cm³/mol. The van der Waals surface area contributed by atoms with E-state index in [9.17, 15) is 9.59 Å². The number of nitrogens with one attached hydrogen (secondary N) is 1. The van der Waals surface area contributed by atoms with Crippen LogP contribution in [0.1, 0.15) is 19.8 Å². The number of carbonyl (C=O) groups excluding carboxylic acids is 1. The van der Waals surface area contributed by atoms with E-state index in [2.05, 4.69) is 29.2 Å². The van der Waals surface area contributed by atoms with Crippen LogP contribution in [-0.2, 0) is 4.79 Å². The number of hydrogen-bond donors (Lipinski definition) is 2. The Bertz CT molecular complexity index is 341. The summed E-state index contributed by atoms with van der Waals surface area (Å²) in [4.78, 5) is 28.9. The van der Waals surface area contributed by atoms with Gasteiger partial charge < -0.3 is 20.2 Å². The lowest BCUT2D eigenvalue weighted by molar-refractivity contribution is -0.137. The fraction of sp³-hybridized carbons (Fsp3) is 0.857. The van der Waals surface area contributed by atoms with Crippen LogP contribution in [0, 0.1) is 0 Å². The van der Waals surface area contributed by atoms with Crippen LogP contribution in [0.5, 0.6) is 0 Å². The topological polar surface area (TPSA) is 76.1 Å². The van der Waals surface area contributed by atoms with Crippen molar-refractivity contribution in [2.45, 2.75) is 25.8 Å². The van der Waals surface area contributed by atoms with Gasteiger partial charge in [0.15, 0.2) is 0 Å². The minimum atomic E-state index is -0.828. The molecule has 1 fully saturated rings. The molecule has 1 atom stereocenters. The first kappa shape index (κ1) is 17.7. The molecule has 7 heteroatoms. The van der Waals surface area contributed by atoms with Crippen molar-refractivity contribution in [3.8, 4) is 0 Å². The lowest BCUT2D eigenvalue weighted by Gasteiger charge is -2.35. The van der Waals surface area contributed by atoms with Crippen molar-refractivity contribution in [2.24, 2.45) is 0 Å². The molecule has 1 aliphatic rings. The van der Waals surface area contributed by atoms with Gasteiger partial charge >= 0.3 is 12.0 Å². The smallest absolute Gasteiger partial charge is 0.317 e. The third kappa shape index (κ3) is 7.29. The summed E-state index contributed by atoms with van der Waals surface area (Å²) in [7, 11) is 4.12. The van der Waals surface area contributed by atoms with Crippen LogP contribution in [0.15, 0.2) is 0 Å². The van der Waals surface area contributed by atoms with E-state index >= 15 is 0 Å². The Morgan fingerprint density at radius 1 is 1.24 bits per heavy atom. The monoisotopic (exact) mass is 300 g/mol. The molecule has 0 saturated carbocycles. The zero-order valence-electron chi connectivity index (χ0n) is 13.3. The molecule has 21 heavy (non-hydrogen) atoms. The number of nitrogens with zero attached hydrogens (tertiary/aromatic N) is 3. The largest absolute Gasteiger partial charge is 0.481 e. The Hall–Kier alpha value is -1.34. The fourth-order valence-corrected chi connectivity index (χ4v) is 2.23. The molecule has 1 heterocycles. The molecule has 0 bridgehead atoms. The summed E-state index contributed by atoms with van der Waals surface area (Å²) in [5.74, 6) is -0.828. The maximum absolute atomic E-state index is 12.1. The summed E-state index contributed by atoms with van der Waals surface area (Å²) in [6.07, 6.45) is 0.545. The zero-order valence-corrected chi connectivity index (χ0v) is 13.3. The van der Waals surface area contributed by atoms with Gasteiger partial charge in [0.05, 0.1) is 0 Å². The van der Waals surface area contributed by atoms with E-state index in [1.54, 1.807) is 0 Å². The Morgan fingerprint density at radius 2 is 1.86 bits per heavy atom. The average Bonchev–Trinajstić information content (AvgIpc) is 2.43. The van der Waals surface area contributed by atoms with Gasteiger partial charge in [-0.3, -0.25) is 9.69 Å². The Labute approximate surface area is 126 Å². The third-order valence-corrected chi connectivity index (χ3v) is 3.68. The van der Waals surface area contributed by atoms with E-state index in [0.29, 0.717) is 6.42 Å². The molecule has 2 amide bonds. The number of piperazine rings is 1. The van der Waals surface area contributed by atoms with Gasteiger partial charge in [0.1, 0.15) is 0 Å². The number of carboxylic acids is 1. The summed E-state index contributed by atoms with van der Waals surface area (Å²) in [5, 5.41) is 11.5. The van der Waals surface area contributed by atoms with Crippen LogP contribution >= 0.6 is 0 Å². The number of urea groups is 1. The highest BCUT2D eigenvalue weighted by atomic mass is 16.4. The summed E-state index contributed by atoms with van der Waals surface area (Å²) >= 11 is 0. The molecule has 1 rings (SSSR count). The minimum Gasteiger partial charge on any atom is -0.481 e. The number of likely N-dealkylation sites (N-methyl/N-ethyl adjacent to an activating group) is 1. The van der Waals surface area contributed by atoms with Gasteiger partial charge in [0, 0.05) is 51.7 Å². The van der Waals surface area contributed by atoms with Gasteiger partial charge in [-0.05, 0) is 27.4 Å². The quantitative estimate of drug-likeness (QED) is 0.699. The third-order valence-electron chi connectivity index (χ3n) is 3.68. The van der Waals surface area contributed by atoms with E-state index in [1.807, 2.05) is 11.8 Å². The van der Waals surface area contributed by atoms with Gasteiger partial charge in [-0.1, -0.05) is 0 Å². The standard InChI is InChI=1S/C14H28N4O3/c1-12(4-5-13(19)20)15-14(21)18-10-8-17(9-11-18)7-6-16(2)3/h12H,4-11H2,1-3H3,(H,15,21)(H,19,20). The van der Waals surface area contributed by atoms with E-state index in [1.165, 1.54) is 0 Å². The Balaban J connectivity index is 2.23. The van der Waals surface area contributed by atoms with Crippen LogP contribution in [0.4, 0.5) is 4.79 Å². The summed E-state index contributed by atoms with van der Waals surface area (Å²) in [5.41, 5.74) is 0. The zero-order chi connectivity index (χ0) is 15.8. The molecule has 0 radical (unpaired) electrons. The van der Waals surface area contributed by atoms with Crippen molar-refractivity contribution in [3.63, 3.8) is 0 Å². The van der Waals surface area contributed by atoms with Crippen LogP contribution in [-0.4, -0.2) is 91.2 Å². The molecule has 0 aromatic heterocycles. The molecule has 122 valence electrons. The Morgan fingerprint density at radius 3 is 2.38 bits per heavy atom. The van der Waals surface area contributed by atoms with E-state index < -0.39 is 5.97 Å². The minimum absolute atomic E-state index is 0.0831. The molecular formula is C14H28N4O3. The number of hydrogen-bond acceptors (Lipinski definition) is 4. The first-order valence-corrected chi connectivity index (χ1v) is 7.53. The average molecular weight is 300 g/mol. The maximum Gasteiger partial charge on any atom is 0.317 e. The first-order valence-electron chi connectivity index (χ1n) is 7.53. The molecule has 2 N–H and O–H groups in total.